The lowest BCUT2D eigenvalue weighted by atomic mass is 10.2. The van der Waals surface area contributed by atoms with E-state index in [4.69, 9.17) is 11.5 Å². The van der Waals surface area contributed by atoms with Crippen LogP contribution < -0.4 is 22.1 Å². The molecule has 2 aromatic heterocycles. The lowest BCUT2D eigenvalue weighted by Gasteiger charge is -2.10. The van der Waals surface area contributed by atoms with Crippen LogP contribution in [0.2, 0.25) is 0 Å². The first kappa shape index (κ1) is 17.5. The van der Waals surface area contributed by atoms with Crippen molar-refractivity contribution >= 4 is 23.5 Å². The van der Waals surface area contributed by atoms with Gasteiger partial charge in [0.25, 0.3) is 0 Å². The van der Waals surface area contributed by atoms with Gasteiger partial charge in [0.2, 0.25) is 11.8 Å². The largest absolute Gasteiger partial charge is 0.320 e. The number of nitrogens with zero attached hydrogens (tertiary/aromatic N) is 2. The van der Waals surface area contributed by atoms with E-state index in [2.05, 4.69) is 20.6 Å². The van der Waals surface area contributed by atoms with Gasteiger partial charge in [-0.05, 0) is 38.1 Å². The molecule has 0 aliphatic rings. The summed E-state index contributed by atoms with van der Waals surface area (Å²) in [5.74, 6) is 0.0966. The summed E-state index contributed by atoms with van der Waals surface area (Å²) in [5, 5.41) is 5.25. The lowest BCUT2D eigenvalue weighted by Crippen LogP contribution is -2.32. The molecule has 8 heteroatoms. The Kier molecular flexibility index (Phi) is 5.56. The van der Waals surface area contributed by atoms with E-state index < -0.39 is 12.1 Å². The Morgan fingerprint density at radius 3 is 1.54 bits per heavy atom. The highest BCUT2D eigenvalue weighted by atomic mass is 16.2. The van der Waals surface area contributed by atoms with Crippen LogP contribution in [0.5, 0.6) is 0 Å². The Hall–Kier alpha value is -2.84. The summed E-state index contributed by atoms with van der Waals surface area (Å²) >= 11 is 0. The molecule has 0 fully saturated rings. The molecule has 0 aliphatic heterocycles. The van der Waals surface area contributed by atoms with Crippen LogP contribution in [-0.4, -0.2) is 33.9 Å². The third-order valence-electron chi connectivity index (χ3n) is 3.09. The number of aromatic nitrogens is 2. The summed E-state index contributed by atoms with van der Waals surface area (Å²) < 4.78 is 0. The third kappa shape index (κ3) is 4.58. The number of carbonyl (C=O) groups is 2. The van der Waals surface area contributed by atoms with Crippen molar-refractivity contribution in [1.82, 2.24) is 9.97 Å². The molecule has 2 rings (SSSR count). The summed E-state index contributed by atoms with van der Waals surface area (Å²) in [6.45, 7) is 3.18. The van der Waals surface area contributed by atoms with E-state index in [0.29, 0.717) is 23.0 Å². The van der Waals surface area contributed by atoms with Gasteiger partial charge in [-0.15, -0.1) is 0 Å². The first-order valence-corrected chi connectivity index (χ1v) is 7.44. The maximum atomic E-state index is 11.6. The molecule has 6 N–H and O–H groups in total. The SMILES string of the molecule is CC(N)C(=O)Nc1cccc(-c2cccc(NC(=O)C(C)N)n2)n1. The van der Waals surface area contributed by atoms with Crippen molar-refractivity contribution in [3.8, 4) is 11.4 Å². The van der Waals surface area contributed by atoms with E-state index in [-0.39, 0.29) is 11.8 Å². The van der Waals surface area contributed by atoms with Crippen molar-refractivity contribution in [2.45, 2.75) is 25.9 Å². The second kappa shape index (κ2) is 7.62. The van der Waals surface area contributed by atoms with E-state index in [1.165, 1.54) is 0 Å². The summed E-state index contributed by atoms with van der Waals surface area (Å²) in [6, 6.07) is 9.04. The Morgan fingerprint density at radius 2 is 1.21 bits per heavy atom. The fourth-order valence-electron chi connectivity index (χ4n) is 1.77. The van der Waals surface area contributed by atoms with Crippen molar-refractivity contribution in [3.63, 3.8) is 0 Å². The molecule has 0 bridgehead atoms. The van der Waals surface area contributed by atoms with Crippen LogP contribution in [0.3, 0.4) is 0 Å². The quantitative estimate of drug-likeness (QED) is 0.638. The molecule has 24 heavy (non-hydrogen) atoms. The highest BCUT2D eigenvalue weighted by molar-refractivity contribution is 5.94. The van der Waals surface area contributed by atoms with Crippen LogP contribution in [0.4, 0.5) is 11.6 Å². The molecule has 2 aromatic rings. The minimum atomic E-state index is -0.634. The molecular formula is C16H20N6O2. The monoisotopic (exact) mass is 328 g/mol. The standard InChI is InChI=1S/C16H20N6O2/c1-9(17)15(23)21-13-7-3-5-11(19-13)12-6-4-8-14(20-12)22-16(24)10(2)18/h3-10H,17-18H2,1-2H3,(H,19,21,23)(H,20,22,24). The van der Waals surface area contributed by atoms with Crippen molar-refractivity contribution in [2.75, 3.05) is 10.6 Å². The Labute approximate surface area is 139 Å². The van der Waals surface area contributed by atoms with Crippen LogP contribution in [0, 0.1) is 0 Å². The van der Waals surface area contributed by atoms with E-state index in [9.17, 15) is 9.59 Å². The van der Waals surface area contributed by atoms with E-state index in [0.717, 1.165) is 0 Å². The molecule has 0 aromatic carbocycles. The Bertz CT molecular complexity index is 681. The Balaban J connectivity index is 2.22. The summed E-state index contributed by atoms with van der Waals surface area (Å²) in [7, 11) is 0. The normalized spacial score (nSPS) is 13.0. The van der Waals surface area contributed by atoms with Gasteiger partial charge in [-0.2, -0.15) is 0 Å². The van der Waals surface area contributed by atoms with Crippen LogP contribution in [0.15, 0.2) is 36.4 Å². The highest BCUT2D eigenvalue weighted by Crippen LogP contribution is 2.18. The minimum absolute atomic E-state index is 0.328. The minimum Gasteiger partial charge on any atom is -0.320 e. The highest BCUT2D eigenvalue weighted by Gasteiger charge is 2.11. The van der Waals surface area contributed by atoms with Gasteiger partial charge in [0.15, 0.2) is 0 Å². The maximum Gasteiger partial charge on any atom is 0.242 e. The molecule has 2 heterocycles. The van der Waals surface area contributed by atoms with Crippen LogP contribution in [0.1, 0.15) is 13.8 Å². The van der Waals surface area contributed by atoms with E-state index >= 15 is 0 Å². The van der Waals surface area contributed by atoms with Gasteiger partial charge >= 0.3 is 0 Å². The van der Waals surface area contributed by atoms with E-state index in [1.807, 2.05) is 0 Å². The molecule has 0 saturated heterocycles. The average molecular weight is 328 g/mol. The Morgan fingerprint density at radius 1 is 0.833 bits per heavy atom. The zero-order chi connectivity index (χ0) is 17.7. The second-order valence-corrected chi connectivity index (χ2v) is 5.37. The molecule has 0 aliphatic carbocycles. The van der Waals surface area contributed by atoms with Crippen molar-refractivity contribution in [3.05, 3.63) is 36.4 Å². The van der Waals surface area contributed by atoms with Gasteiger partial charge in [-0.1, -0.05) is 12.1 Å². The molecule has 8 nitrogen and oxygen atoms in total. The van der Waals surface area contributed by atoms with Gasteiger partial charge in [-0.25, -0.2) is 9.97 Å². The van der Waals surface area contributed by atoms with Crippen LogP contribution in [0.25, 0.3) is 11.4 Å². The number of hydrogen-bond donors (Lipinski definition) is 4. The molecule has 2 amide bonds. The van der Waals surface area contributed by atoms with Crippen LogP contribution >= 0.6 is 0 Å². The van der Waals surface area contributed by atoms with E-state index in [1.54, 1.807) is 50.2 Å². The van der Waals surface area contributed by atoms with Crippen molar-refractivity contribution in [1.29, 1.82) is 0 Å². The molecule has 126 valence electrons. The number of hydrogen-bond acceptors (Lipinski definition) is 6. The molecule has 0 radical (unpaired) electrons. The van der Waals surface area contributed by atoms with Crippen molar-refractivity contribution < 1.29 is 9.59 Å². The lowest BCUT2D eigenvalue weighted by molar-refractivity contribution is -0.117. The number of pyridine rings is 2. The van der Waals surface area contributed by atoms with Gasteiger partial charge in [0.05, 0.1) is 23.5 Å². The number of nitrogens with one attached hydrogen (secondary N) is 2. The first-order valence-electron chi connectivity index (χ1n) is 7.44. The maximum absolute atomic E-state index is 11.6. The predicted octanol–water partition coefficient (Wildman–Crippen LogP) is 0.715. The third-order valence-corrected chi connectivity index (χ3v) is 3.09. The van der Waals surface area contributed by atoms with Gasteiger partial charge < -0.3 is 22.1 Å². The number of rotatable bonds is 5. The molecule has 0 saturated carbocycles. The fraction of sp³-hybridized carbons (Fsp3) is 0.250. The van der Waals surface area contributed by atoms with Gasteiger partial charge in [0, 0.05) is 0 Å². The number of carbonyl (C=O) groups excluding carboxylic acids is 2. The zero-order valence-electron chi connectivity index (χ0n) is 13.5. The van der Waals surface area contributed by atoms with Crippen molar-refractivity contribution in [2.24, 2.45) is 11.5 Å². The summed E-state index contributed by atoms with van der Waals surface area (Å²) in [4.78, 5) is 32.0. The molecule has 2 unspecified atom stereocenters. The molecular weight excluding hydrogens is 308 g/mol. The predicted molar refractivity (Wildman–Crippen MR) is 92.0 cm³/mol. The number of amides is 2. The van der Waals surface area contributed by atoms with Crippen LogP contribution in [-0.2, 0) is 9.59 Å². The number of anilines is 2. The fourth-order valence-corrected chi connectivity index (χ4v) is 1.77. The van der Waals surface area contributed by atoms with Gasteiger partial charge in [0.1, 0.15) is 11.6 Å². The molecule has 0 spiro atoms. The first-order chi connectivity index (χ1) is 11.4. The number of nitrogens with two attached hydrogens (primary N) is 2. The smallest absolute Gasteiger partial charge is 0.242 e. The average Bonchev–Trinajstić information content (AvgIpc) is 2.55. The summed E-state index contributed by atoms with van der Waals surface area (Å²) in [6.07, 6.45) is 0. The second-order valence-electron chi connectivity index (χ2n) is 5.37. The molecule has 2 atom stereocenters. The van der Waals surface area contributed by atoms with Gasteiger partial charge in [-0.3, -0.25) is 9.59 Å². The zero-order valence-corrected chi connectivity index (χ0v) is 13.5. The summed E-state index contributed by atoms with van der Waals surface area (Å²) in [5.41, 5.74) is 12.1. The topological polar surface area (TPSA) is 136 Å².